The molecule has 1 aliphatic heterocycles. The summed E-state index contributed by atoms with van der Waals surface area (Å²) in [6.07, 6.45) is -3.56. The van der Waals surface area contributed by atoms with Crippen LogP contribution in [0.15, 0.2) is 53.9 Å². The molecule has 0 fully saturated rings. The summed E-state index contributed by atoms with van der Waals surface area (Å²) in [7, 11) is 0. The first-order chi connectivity index (χ1) is 12.9. The van der Waals surface area contributed by atoms with Gasteiger partial charge in [-0.25, -0.2) is 4.98 Å². The predicted octanol–water partition coefficient (Wildman–Crippen LogP) is 5.03. The van der Waals surface area contributed by atoms with Crippen LogP contribution in [0.2, 0.25) is 0 Å². The molecule has 138 valence electrons. The van der Waals surface area contributed by atoms with E-state index in [1.165, 1.54) is 29.0 Å². The van der Waals surface area contributed by atoms with E-state index in [0.717, 1.165) is 24.1 Å². The normalized spacial score (nSPS) is 14.1. The van der Waals surface area contributed by atoms with Gasteiger partial charge in [-0.1, -0.05) is 36.4 Å². The van der Waals surface area contributed by atoms with Crippen molar-refractivity contribution in [3.63, 3.8) is 0 Å². The van der Waals surface area contributed by atoms with Crippen molar-refractivity contribution in [2.75, 3.05) is 6.54 Å². The Morgan fingerprint density at radius 2 is 1.74 bits per heavy atom. The van der Waals surface area contributed by atoms with Crippen LogP contribution >= 0.6 is 11.3 Å². The molecule has 1 aliphatic rings. The highest BCUT2D eigenvalue weighted by atomic mass is 32.1. The van der Waals surface area contributed by atoms with Gasteiger partial charge in [0.15, 0.2) is 5.01 Å². The van der Waals surface area contributed by atoms with E-state index in [4.69, 9.17) is 0 Å². The molecule has 0 unspecified atom stereocenters. The molecule has 3 aromatic rings. The number of hydrogen-bond donors (Lipinski definition) is 0. The number of carbonyl (C=O) groups is 1. The number of aromatic nitrogens is 1. The van der Waals surface area contributed by atoms with Crippen molar-refractivity contribution in [1.82, 2.24) is 9.88 Å². The number of amides is 1. The zero-order valence-electron chi connectivity index (χ0n) is 14.2. The smallest absolute Gasteiger partial charge is 0.332 e. The highest BCUT2D eigenvalue weighted by Gasteiger charge is 2.30. The third-order valence-corrected chi connectivity index (χ3v) is 5.44. The summed E-state index contributed by atoms with van der Waals surface area (Å²) in [5.74, 6) is -0.146. The van der Waals surface area contributed by atoms with Gasteiger partial charge in [-0.3, -0.25) is 4.79 Å². The molecule has 0 saturated heterocycles. The van der Waals surface area contributed by atoms with Gasteiger partial charge in [-0.2, -0.15) is 13.2 Å². The summed E-state index contributed by atoms with van der Waals surface area (Å²) in [6, 6.07) is 12.8. The molecule has 0 radical (unpaired) electrons. The lowest BCUT2D eigenvalue weighted by atomic mass is 10.00. The van der Waals surface area contributed by atoms with Crippen LogP contribution in [0.25, 0.3) is 11.3 Å². The maximum atomic E-state index is 12.8. The number of thiazole rings is 1. The van der Waals surface area contributed by atoms with E-state index in [1.807, 2.05) is 18.2 Å². The lowest BCUT2D eigenvalue weighted by molar-refractivity contribution is -0.137. The summed E-state index contributed by atoms with van der Waals surface area (Å²) >= 11 is 1.21. The second-order valence-corrected chi connectivity index (χ2v) is 7.22. The Bertz CT molecular complexity index is 979. The van der Waals surface area contributed by atoms with Gasteiger partial charge in [0.1, 0.15) is 0 Å². The summed E-state index contributed by atoms with van der Waals surface area (Å²) in [4.78, 5) is 18.9. The minimum atomic E-state index is -4.37. The number of halogens is 3. The number of carbonyl (C=O) groups excluding carboxylic acids is 1. The lowest BCUT2D eigenvalue weighted by Gasteiger charge is -2.28. The molecule has 1 aromatic heterocycles. The zero-order chi connectivity index (χ0) is 19.0. The molecule has 3 nitrogen and oxygen atoms in total. The third-order valence-electron chi connectivity index (χ3n) is 4.61. The summed E-state index contributed by atoms with van der Waals surface area (Å²) in [5, 5.41) is 2.05. The first kappa shape index (κ1) is 17.7. The number of alkyl halides is 3. The van der Waals surface area contributed by atoms with E-state index < -0.39 is 11.7 Å². The minimum Gasteiger partial charge on any atom is -0.332 e. The minimum absolute atomic E-state index is 0.146. The van der Waals surface area contributed by atoms with Crippen molar-refractivity contribution in [3.05, 3.63) is 75.6 Å². The number of nitrogens with zero attached hydrogens (tertiary/aromatic N) is 2. The molecule has 7 heteroatoms. The highest BCUT2D eigenvalue weighted by Crippen LogP contribution is 2.31. The van der Waals surface area contributed by atoms with E-state index >= 15 is 0 Å². The fourth-order valence-corrected chi connectivity index (χ4v) is 3.93. The van der Waals surface area contributed by atoms with Gasteiger partial charge in [-0.05, 0) is 29.7 Å². The van der Waals surface area contributed by atoms with E-state index in [-0.39, 0.29) is 5.91 Å². The Morgan fingerprint density at radius 1 is 1.04 bits per heavy atom. The Hall–Kier alpha value is -2.67. The standard InChI is InChI=1S/C20H15F3N2OS/c21-20(22,23)16-7-5-14(6-8-16)17-12-27-18(24-17)19(26)25-10-9-13-3-1-2-4-15(13)11-25/h1-8,12H,9-11H2. The Balaban J connectivity index is 1.52. The average Bonchev–Trinajstić information content (AvgIpc) is 3.16. The van der Waals surface area contributed by atoms with Crippen LogP contribution in [0.5, 0.6) is 0 Å². The van der Waals surface area contributed by atoms with Crippen molar-refractivity contribution < 1.29 is 18.0 Å². The Kier molecular flexibility index (Phi) is 4.47. The second-order valence-electron chi connectivity index (χ2n) is 6.36. The van der Waals surface area contributed by atoms with Crippen LogP contribution in [-0.2, 0) is 19.1 Å². The molecule has 0 atom stereocenters. The van der Waals surface area contributed by atoms with Gasteiger partial charge in [-0.15, -0.1) is 11.3 Å². The van der Waals surface area contributed by atoms with Gasteiger partial charge in [0.25, 0.3) is 5.91 Å². The SMILES string of the molecule is O=C(c1nc(-c2ccc(C(F)(F)F)cc2)cs1)N1CCc2ccccc2C1. The number of benzene rings is 2. The first-order valence-corrected chi connectivity index (χ1v) is 9.29. The van der Waals surface area contributed by atoms with Crippen LogP contribution in [0.4, 0.5) is 13.2 Å². The Morgan fingerprint density at radius 3 is 2.44 bits per heavy atom. The van der Waals surface area contributed by atoms with Crippen molar-refractivity contribution in [1.29, 1.82) is 0 Å². The van der Waals surface area contributed by atoms with Crippen LogP contribution in [0.1, 0.15) is 26.5 Å². The summed E-state index contributed by atoms with van der Waals surface area (Å²) in [5.41, 5.74) is 2.75. The fraction of sp³-hybridized carbons (Fsp3) is 0.200. The molecular formula is C20H15F3N2OS. The quantitative estimate of drug-likeness (QED) is 0.617. The molecule has 0 aliphatic carbocycles. The van der Waals surface area contributed by atoms with E-state index in [0.29, 0.717) is 29.4 Å². The van der Waals surface area contributed by atoms with Gasteiger partial charge in [0.05, 0.1) is 11.3 Å². The predicted molar refractivity (Wildman–Crippen MR) is 97.4 cm³/mol. The molecule has 1 amide bonds. The molecule has 4 rings (SSSR count). The zero-order valence-corrected chi connectivity index (χ0v) is 15.0. The third kappa shape index (κ3) is 3.60. The van der Waals surface area contributed by atoms with Crippen LogP contribution < -0.4 is 0 Å². The topological polar surface area (TPSA) is 33.2 Å². The molecule has 0 N–H and O–H groups in total. The largest absolute Gasteiger partial charge is 0.416 e. The highest BCUT2D eigenvalue weighted by molar-refractivity contribution is 7.12. The summed E-state index contributed by atoms with van der Waals surface area (Å²) in [6.45, 7) is 1.18. The molecule has 0 saturated carbocycles. The van der Waals surface area contributed by atoms with Crippen molar-refractivity contribution >= 4 is 17.2 Å². The van der Waals surface area contributed by atoms with E-state index in [1.54, 1.807) is 10.3 Å². The van der Waals surface area contributed by atoms with E-state index in [9.17, 15) is 18.0 Å². The van der Waals surface area contributed by atoms with Crippen LogP contribution in [0.3, 0.4) is 0 Å². The number of rotatable bonds is 2. The molecule has 0 spiro atoms. The molecule has 0 bridgehead atoms. The first-order valence-electron chi connectivity index (χ1n) is 8.41. The monoisotopic (exact) mass is 388 g/mol. The van der Waals surface area contributed by atoms with Crippen LogP contribution in [0, 0.1) is 0 Å². The average molecular weight is 388 g/mol. The van der Waals surface area contributed by atoms with E-state index in [2.05, 4.69) is 11.1 Å². The van der Waals surface area contributed by atoms with Gasteiger partial charge in [0, 0.05) is 24.0 Å². The van der Waals surface area contributed by atoms with Crippen molar-refractivity contribution in [3.8, 4) is 11.3 Å². The number of fused-ring (bicyclic) bond motifs is 1. The maximum absolute atomic E-state index is 12.8. The summed E-state index contributed by atoms with van der Waals surface area (Å²) < 4.78 is 38.0. The molecule has 2 aromatic carbocycles. The van der Waals surface area contributed by atoms with Gasteiger partial charge >= 0.3 is 6.18 Å². The van der Waals surface area contributed by atoms with Crippen LogP contribution in [-0.4, -0.2) is 22.3 Å². The van der Waals surface area contributed by atoms with Gasteiger partial charge in [0.2, 0.25) is 0 Å². The molecular weight excluding hydrogens is 373 g/mol. The molecule has 27 heavy (non-hydrogen) atoms. The number of hydrogen-bond acceptors (Lipinski definition) is 3. The lowest BCUT2D eigenvalue weighted by Crippen LogP contribution is -2.35. The van der Waals surface area contributed by atoms with Crippen molar-refractivity contribution in [2.45, 2.75) is 19.1 Å². The molecule has 2 heterocycles. The van der Waals surface area contributed by atoms with Crippen molar-refractivity contribution in [2.24, 2.45) is 0 Å². The van der Waals surface area contributed by atoms with Gasteiger partial charge < -0.3 is 4.90 Å². The maximum Gasteiger partial charge on any atom is 0.416 e. The fourth-order valence-electron chi connectivity index (χ4n) is 3.14. The Labute approximate surface area is 158 Å². The second kappa shape index (κ2) is 6.81.